The van der Waals surface area contributed by atoms with Crippen LogP contribution >= 0.6 is 0 Å². The monoisotopic (exact) mass is 319 g/mol. The average molecular weight is 319 g/mol. The molecule has 0 N–H and O–H groups in total. The van der Waals surface area contributed by atoms with Crippen LogP contribution in [0, 0.1) is 5.92 Å². The number of aryl methyl sites for hydroxylation is 1. The molecular formula is C18H29N3O2. The van der Waals surface area contributed by atoms with Crippen LogP contribution in [0.15, 0.2) is 12.4 Å². The molecule has 0 unspecified atom stereocenters. The van der Waals surface area contributed by atoms with Crippen molar-refractivity contribution >= 4 is 0 Å². The summed E-state index contributed by atoms with van der Waals surface area (Å²) in [6.45, 7) is 6.42. The van der Waals surface area contributed by atoms with Crippen molar-refractivity contribution in [3.63, 3.8) is 0 Å². The first-order chi connectivity index (χ1) is 11.2. The summed E-state index contributed by atoms with van der Waals surface area (Å²) in [5, 5.41) is 4.31. The Morgan fingerprint density at radius 2 is 2.04 bits per heavy atom. The summed E-state index contributed by atoms with van der Waals surface area (Å²) in [6, 6.07) is 0. The quantitative estimate of drug-likeness (QED) is 0.856. The molecule has 5 nitrogen and oxygen atoms in total. The van der Waals surface area contributed by atoms with E-state index in [1.165, 1.54) is 57.3 Å². The molecule has 0 radical (unpaired) electrons. The second-order valence-corrected chi connectivity index (χ2v) is 7.70. The van der Waals surface area contributed by atoms with E-state index in [-0.39, 0.29) is 5.60 Å². The van der Waals surface area contributed by atoms with Crippen LogP contribution in [0.4, 0.5) is 0 Å². The molecular weight excluding hydrogens is 290 g/mol. The topological polar surface area (TPSA) is 39.5 Å². The fourth-order valence-corrected chi connectivity index (χ4v) is 4.50. The van der Waals surface area contributed by atoms with Crippen LogP contribution < -0.4 is 0 Å². The number of piperidine rings is 1. The molecule has 5 heteroatoms. The van der Waals surface area contributed by atoms with Crippen molar-refractivity contribution in [1.82, 2.24) is 14.7 Å². The van der Waals surface area contributed by atoms with E-state index < -0.39 is 0 Å². The van der Waals surface area contributed by atoms with Gasteiger partial charge in [0, 0.05) is 52.0 Å². The fourth-order valence-electron chi connectivity index (χ4n) is 4.50. The molecule has 1 aromatic rings. The molecule has 1 spiro atoms. The summed E-state index contributed by atoms with van der Waals surface area (Å²) in [7, 11) is 1.99. The Kier molecular flexibility index (Phi) is 4.43. The third-order valence-electron chi connectivity index (χ3n) is 6.03. The van der Waals surface area contributed by atoms with Gasteiger partial charge in [-0.15, -0.1) is 0 Å². The van der Waals surface area contributed by atoms with Crippen LogP contribution in [0.2, 0.25) is 0 Å². The van der Waals surface area contributed by atoms with Crippen LogP contribution in [-0.2, 0) is 16.5 Å². The van der Waals surface area contributed by atoms with Crippen LogP contribution in [0.25, 0.3) is 0 Å². The Hall–Kier alpha value is -0.910. The van der Waals surface area contributed by atoms with Crippen LogP contribution in [0.1, 0.15) is 43.6 Å². The molecule has 3 aliphatic heterocycles. The third kappa shape index (κ3) is 3.47. The van der Waals surface area contributed by atoms with E-state index >= 15 is 0 Å². The van der Waals surface area contributed by atoms with Crippen molar-refractivity contribution < 1.29 is 9.47 Å². The third-order valence-corrected chi connectivity index (χ3v) is 6.03. The lowest BCUT2D eigenvalue weighted by molar-refractivity contribution is -0.0486. The van der Waals surface area contributed by atoms with Crippen molar-refractivity contribution in [1.29, 1.82) is 0 Å². The minimum absolute atomic E-state index is 0.132. The van der Waals surface area contributed by atoms with Crippen LogP contribution in [-0.4, -0.2) is 59.7 Å². The van der Waals surface area contributed by atoms with E-state index in [0.717, 1.165) is 25.7 Å². The predicted octanol–water partition coefficient (Wildman–Crippen LogP) is 2.19. The molecule has 1 aromatic heterocycles. The molecule has 23 heavy (non-hydrogen) atoms. The molecule has 4 heterocycles. The highest BCUT2D eigenvalue weighted by molar-refractivity contribution is 5.15. The first kappa shape index (κ1) is 15.6. The van der Waals surface area contributed by atoms with Gasteiger partial charge in [0.15, 0.2) is 0 Å². The predicted molar refractivity (Wildman–Crippen MR) is 88.5 cm³/mol. The molecule has 0 aliphatic carbocycles. The number of ether oxygens (including phenoxy) is 2. The Bertz CT molecular complexity index is 516. The lowest BCUT2D eigenvalue weighted by atomic mass is 9.83. The maximum atomic E-state index is 6.31. The van der Waals surface area contributed by atoms with Gasteiger partial charge < -0.3 is 14.4 Å². The smallest absolute Gasteiger partial charge is 0.0713 e. The normalized spacial score (nSPS) is 29.3. The number of nitrogens with zero attached hydrogens (tertiary/aromatic N) is 3. The zero-order chi connectivity index (χ0) is 15.7. The Balaban J connectivity index is 1.29. The van der Waals surface area contributed by atoms with Crippen molar-refractivity contribution in [3.8, 4) is 0 Å². The minimum Gasteiger partial charge on any atom is -0.381 e. The Morgan fingerprint density at radius 3 is 2.74 bits per heavy atom. The number of aromatic nitrogens is 2. The van der Waals surface area contributed by atoms with Gasteiger partial charge >= 0.3 is 0 Å². The second kappa shape index (κ2) is 6.54. The van der Waals surface area contributed by atoms with Crippen LogP contribution in [0.3, 0.4) is 0 Å². The summed E-state index contributed by atoms with van der Waals surface area (Å²) in [6.07, 6.45) is 10.2. The largest absolute Gasteiger partial charge is 0.381 e. The molecule has 128 valence electrons. The van der Waals surface area contributed by atoms with Crippen molar-refractivity contribution in [3.05, 3.63) is 18.0 Å². The molecule has 3 saturated heterocycles. The van der Waals surface area contributed by atoms with E-state index in [2.05, 4.69) is 16.2 Å². The lowest BCUT2D eigenvalue weighted by Gasteiger charge is -2.40. The van der Waals surface area contributed by atoms with Gasteiger partial charge in [0.05, 0.1) is 18.4 Å². The molecule has 0 amide bonds. The molecule has 4 rings (SSSR count). The van der Waals surface area contributed by atoms with Gasteiger partial charge in [-0.2, -0.15) is 5.10 Å². The molecule has 3 aliphatic rings. The summed E-state index contributed by atoms with van der Waals surface area (Å²) in [5.41, 5.74) is 1.47. The van der Waals surface area contributed by atoms with Gasteiger partial charge in [0.25, 0.3) is 0 Å². The maximum absolute atomic E-state index is 6.31. The molecule has 1 atom stereocenters. The van der Waals surface area contributed by atoms with Gasteiger partial charge in [-0.3, -0.25) is 4.68 Å². The molecule has 0 bridgehead atoms. The van der Waals surface area contributed by atoms with Crippen molar-refractivity contribution in [2.45, 2.75) is 43.6 Å². The van der Waals surface area contributed by atoms with Gasteiger partial charge in [-0.05, 0) is 43.6 Å². The van der Waals surface area contributed by atoms with Crippen molar-refractivity contribution in [2.24, 2.45) is 13.0 Å². The minimum atomic E-state index is 0.132. The van der Waals surface area contributed by atoms with E-state index in [1.807, 2.05) is 17.9 Å². The first-order valence-electron chi connectivity index (χ1n) is 9.15. The standard InChI is InChI=1S/C18H29N3O2/c1-20-13-17(11-19-20)16-10-18(23-14-16)4-6-21(7-5-18)12-15-2-8-22-9-3-15/h11,13,15-16H,2-10,12,14H2,1H3/t16-/m1/s1. The lowest BCUT2D eigenvalue weighted by Crippen LogP contribution is -2.46. The fraction of sp³-hybridized carbons (Fsp3) is 0.833. The number of hydrogen-bond acceptors (Lipinski definition) is 4. The average Bonchev–Trinajstić information content (AvgIpc) is 3.18. The number of likely N-dealkylation sites (tertiary alicyclic amines) is 1. The van der Waals surface area contributed by atoms with Gasteiger partial charge in [0.1, 0.15) is 0 Å². The maximum Gasteiger partial charge on any atom is 0.0713 e. The SMILES string of the molecule is Cn1cc([C@H]2COC3(CCN(CC4CCOCC4)CC3)C2)cn1. The van der Waals surface area contributed by atoms with Gasteiger partial charge in [0.2, 0.25) is 0 Å². The summed E-state index contributed by atoms with van der Waals surface area (Å²) in [4.78, 5) is 2.65. The van der Waals surface area contributed by atoms with Crippen LogP contribution in [0.5, 0.6) is 0 Å². The van der Waals surface area contributed by atoms with E-state index in [4.69, 9.17) is 9.47 Å². The summed E-state index contributed by atoms with van der Waals surface area (Å²) >= 11 is 0. The first-order valence-corrected chi connectivity index (χ1v) is 9.15. The molecule has 0 saturated carbocycles. The molecule has 0 aromatic carbocycles. The van der Waals surface area contributed by atoms with Gasteiger partial charge in [-0.1, -0.05) is 0 Å². The number of hydrogen-bond donors (Lipinski definition) is 0. The van der Waals surface area contributed by atoms with E-state index in [1.54, 1.807) is 0 Å². The van der Waals surface area contributed by atoms with E-state index in [0.29, 0.717) is 5.92 Å². The Labute approximate surface area is 138 Å². The Morgan fingerprint density at radius 1 is 1.26 bits per heavy atom. The molecule has 3 fully saturated rings. The highest BCUT2D eigenvalue weighted by atomic mass is 16.5. The zero-order valence-corrected chi connectivity index (χ0v) is 14.2. The van der Waals surface area contributed by atoms with Crippen molar-refractivity contribution in [2.75, 3.05) is 39.5 Å². The van der Waals surface area contributed by atoms with E-state index in [9.17, 15) is 0 Å². The second-order valence-electron chi connectivity index (χ2n) is 7.70. The number of rotatable bonds is 3. The summed E-state index contributed by atoms with van der Waals surface area (Å²) < 4.78 is 13.7. The highest BCUT2D eigenvalue weighted by Gasteiger charge is 2.43. The highest BCUT2D eigenvalue weighted by Crippen LogP contribution is 2.42. The van der Waals surface area contributed by atoms with Gasteiger partial charge in [-0.25, -0.2) is 0 Å². The zero-order valence-electron chi connectivity index (χ0n) is 14.2. The summed E-state index contributed by atoms with van der Waals surface area (Å²) in [5.74, 6) is 1.37.